The standard InChI is InChI=1S/C23H31N3O5/c1-16-7-9-25(10-8-16)13-17-11-20(27)22(31-4)14-26(17)15-23(28)24-19-6-5-18(29-2)12-21(19)30-3/h5-6,11-12,14,16H,7-10,13,15H2,1-4H3,(H,24,28). The fraction of sp³-hybridized carbons (Fsp3) is 0.478. The van der Waals surface area contributed by atoms with Crippen LogP contribution < -0.4 is 25.0 Å². The summed E-state index contributed by atoms with van der Waals surface area (Å²) in [5.74, 6) is 1.85. The highest BCUT2D eigenvalue weighted by Gasteiger charge is 2.19. The second kappa shape index (κ2) is 10.3. The number of aromatic nitrogens is 1. The van der Waals surface area contributed by atoms with Gasteiger partial charge in [0.15, 0.2) is 5.75 Å². The predicted octanol–water partition coefficient (Wildman–Crippen LogP) is 2.74. The molecule has 3 rings (SSSR count). The molecule has 1 N–H and O–H groups in total. The van der Waals surface area contributed by atoms with Gasteiger partial charge < -0.3 is 24.1 Å². The number of amides is 1. The zero-order valence-electron chi connectivity index (χ0n) is 18.6. The topological polar surface area (TPSA) is 82.0 Å². The molecule has 0 atom stereocenters. The Labute approximate surface area is 182 Å². The third-order valence-corrected chi connectivity index (χ3v) is 5.66. The second-order valence-corrected chi connectivity index (χ2v) is 7.90. The van der Waals surface area contributed by atoms with Crippen molar-refractivity contribution in [3.63, 3.8) is 0 Å². The minimum Gasteiger partial charge on any atom is -0.497 e. The summed E-state index contributed by atoms with van der Waals surface area (Å²) in [6.07, 6.45) is 3.88. The van der Waals surface area contributed by atoms with E-state index in [9.17, 15) is 9.59 Å². The normalized spacial score (nSPS) is 14.8. The SMILES string of the molecule is COc1ccc(NC(=O)Cn2cc(OC)c(=O)cc2CN2CCC(C)CC2)c(OC)c1. The molecule has 0 spiro atoms. The Bertz CT molecular complexity index is 964. The maximum Gasteiger partial charge on any atom is 0.244 e. The lowest BCUT2D eigenvalue weighted by Crippen LogP contribution is -2.34. The third kappa shape index (κ3) is 5.79. The van der Waals surface area contributed by atoms with Crippen molar-refractivity contribution in [2.75, 3.05) is 39.7 Å². The number of piperidine rings is 1. The Morgan fingerprint density at radius 2 is 1.77 bits per heavy atom. The van der Waals surface area contributed by atoms with Gasteiger partial charge in [-0.25, -0.2) is 0 Å². The molecule has 8 nitrogen and oxygen atoms in total. The van der Waals surface area contributed by atoms with Gasteiger partial charge in [0.05, 0.1) is 33.2 Å². The lowest BCUT2D eigenvalue weighted by Gasteiger charge is -2.31. The molecule has 0 saturated carbocycles. The number of nitrogens with one attached hydrogen (secondary N) is 1. The molecule has 1 amide bonds. The molecule has 2 heterocycles. The molecule has 1 aromatic carbocycles. The van der Waals surface area contributed by atoms with E-state index in [2.05, 4.69) is 17.1 Å². The van der Waals surface area contributed by atoms with Crippen LogP contribution in [0.25, 0.3) is 0 Å². The van der Waals surface area contributed by atoms with Crippen LogP contribution in [-0.2, 0) is 17.9 Å². The van der Waals surface area contributed by atoms with Crippen molar-refractivity contribution >= 4 is 11.6 Å². The quantitative estimate of drug-likeness (QED) is 0.695. The summed E-state index contributed by atoms with van der Waals surface area (Å²) in [4.78, 5) is 27.5. The number of hydrogen-bond acceptors (Lipinski definition) is 6. The van der Waals surface area contributed by atoms with Crippen molar-refractivity contribution in [2.45, 2.75) is 32.9 Å². The van der Waals surface area contributed by atoms with E-state index in [1.807, 2.05) is 0 Å². The van der Waals surface area contributed by atoms with Crippen molar-refractivity contribution in [2.24, 2.45) is 5.92 Å². The summed E-state index contributed by atoms with van der Waals surface area (Å²) in [5, 5.41) is 2.88. The molecule has 1 aliphatic rings. The van der Waals surface area contributed by atoms with Crippen molar-refractivity contribution < 1.29 is 19.0 Å². The summed E-state index contributed by atoms with van der Waals surface area (Å²) < 4.78 is 17.5. The molecule has 1 aromatic heterocycles. The fourth-order valence-corrected chi connectivity index (χ4v) is 3.73. The molecule has 2 aromatic rings. The van der Waals surface area contributed by atoms with Gasteiger partial charge in [0.25, 0.3) is 0 Å². The first-order chi connectivity index (χ1) is 14.9. The predicted molar refractivity (Wildman–Crippen MR) is 119 cm³/mol. The maximum absolute atomic E-state index is 12.8. The van der Waals surface area contributed by atoms with Gasteiger partial charge >= 0.3 is 0 Å². The number of likely N-dealkylation sites (tertiary alicyclic amines) is 1. The van der Waals surface area contributed by atoms with Crippen LogP contribution in [0.4, 0.5) is 5.69 Å². The Morgan fingerprint density at radius 3 is 2.42 bits per heavy atom. The van der Waals surface area contributed by atoms with Crippen molar-refractivity contribution in [3.8, 4) is 17.2 Å². The first-order valence-corrected chi connectivity index (χ1v) is 10.4. The van der Waals surface area contributed by atoms with E-state index in [4.69, 9.17) is 14.2 Å². The lowest BCUT2D eigenvalue weighted by molar-refractivity contribution is -0.116. The van der Waals surface area contributed by atoms with E-state index in [1.165, 1.54) is 14.2 Å². The number of anilines is 1. The number of ether oxygens (including phenoxy) is 3. The highest BCUT2D eigenvalue weighted by molar-refractivity contribution is 5.92. The van der Waals surface area contributed by atoms with Crippen LogP contribution in [0.5, 0.6) is 17.2 Å². The third-order valence-electron chi connectivity index (χ3n) is 5.66. The number of carbonyl (C=O) groups excluding carboxylic acids is 1. The molecule has 0 aliphatic carbocycles. The zero-order chi connectivity index (χ0) is 22.4. The highest BCUT2D eigenvalue weighted by atomic mass is 16.5. The summed E-state index contributed by atoms with van der Waals surface area (Å²) in [7, 11) is 4.56. The zero-order valence-corrected chi connectivity index (χ0v) is 18.6. The van der Waals surface area contributed by atoms with Gasteiger partial charge in [-0.1, -0.05) is 6.92 Å². The highest BCUT2D eigenvalue weighted by Crippen LogP contribution is 2.29. The van der Waals surface area contributed by atoms with Crippen LogP contribution in [0.15, 0.2) is 35.3 Å². The van der Waals surface area contributed by atoms with E-state index in [0.29, 0.717) is 23.7 Å². The average Bonchev–Trinajstić information content (AvgIpc) is 2.77. The van der Waals surface area contributed by atoms with E-state index in [1.54, 1.807) is 42.1 Å². The number of nitrogens with zero attached hydrogens (tertiary/aromatic N) is 2. The smallest absolute Gasteiger partial charge is 0.244 e. The van der Waals surface area contributed by atoms with E-state index in [0.717, 1.165) is 37.5 Å². The number of methoxy groups -OCH3 is 3. The van der Waals surface area contributed by atoms with E-state index in [-0.39, 0.29) is 23.6 Å². The fourth-order valence-electron chi connectivity index (χ4n) is 3.73. The summed E-state index contributed by atoms with van der Waals surface area (Å²) in [6, 6.07) is 6.76. The van der Waals surface area contributed by atoms with E-state index < -0.39 is 0 Å². The largest absolute Gasteiger partial charge is 0.497 e. The maximum atomic E-state index is 12.8. The molecule has 0 radical (unpaired) electrons. The minimum atomic E-state index is -0.234. The van der Waals surface area contributed by atoms with Crippen LogP contribution in [0.1, 0.15) is 25.5 Å². The second-order valence-electron chi connectivity index (χ2n) is 7.90. The van der Waals surface area contributed by atoms with Crippen LogP contribution in [-0.4, -0.2) is 49.8 Å². The van der Waals surface area contributed by atoms with E-state index >= 15 is 0 Å². The van der Waals surface area contributed by atoms with Crippen LogP contribution in [0.2, 0.25) is 0 Å². The molecule has 8 heteroatoms. The summed E-state index contributed by atoms with van der Waals surface area (Å²) in [5.41, 5.74) is 1.15. The molecule has 168 valence electrons. The van der Waals surface area contributed by atoms with Gasteiger partial charge in [0.2, 0.25) is 11.3 Å². The summed E-state index contributed by atoms with van der Waals surface area (Å²) >= 11 is 0. The molecule has 31 heavy (non-hydrogen) atoms. The molecule has 1 saturated heterocycles. The molecular weight excluding hydrogens is 398 g/mol. The Morgan fingerprint density at radius 1 is 1.06 bits per heavy atom. The number of pyridine rings is 1. The van der Waals surface area contributed by atoms with Crippen LogP contribution in [0.3, 0.4) is 0 Å². The Kier molecular flexibility index (Phi) is 7.57. The minimum absolute atomic E-state index is 0.0470. The first kappa shape index (κ1) is 22.7. The van der Waals surface area contributed by atoms with Gasteiger partial charge in [0.1, 0.15) is 18.0 Å². The van der Waals surface area contributed by atoms with Crippen molar-refractivity contribution in [1.82, 2.24) is 9.47 Å². The Hall–Kier alpha value is -3.00. The van der Waals surface area contributed by atoms with Crippen LogP contribution in [0, 0.1) is 5.92 Å². The molecule has 1 fully saturated rings. The molecule has 0 unspecified atom stereocenters. The van der Waals surface area contributed by atoms with Gasteiger partial charge in [-0.05, 0) is 44.0 Å². The first-order valence-electron chi connectivity index (χ1n) is 10.4. The van der Waals surface area contributed by atoms with Gasteiger partial charge in [-0.15, -0.1) is 0 Å². The van der Waals surface area contributed by atoms with Crippen LogP contribution >= 0.6 is 0 Å². The summed E-state index contributed by atoms with van der Waals surface area (Å²) in [6.45, 7) is 4.89. The Balaban J connectivity index is 1.79. The number of hydrogen-bond donors (Lipinski definition) is 1. The lowest BCUT2D eigenvalue weighted by atomic mass is 9.99. The monoisotopic (exact) mass is 429 g/mol. The van der Waals surface area contributed by atoms with Gasteiger partial charge in [-0.2, -0.15) is 0 Å². The van der Waals surface area contributed by atoms with Gasteiger partial charge in [0, 0.05) is 24.4 Å². The number of benzene rings is 1. The average molecular weight is 430 g/mol. The van der Waals surface area contributed by atoms with Crippen molar-refractivity contribution in [1.29, 1.82) is 0 Å². The molecule has 1 aliphatic heterocycles. The van der Waals surface area contributed by atoms with Gasteiger partial charge in [-0.3, -0.25) is 14.5 Å². The van der Waals surface area contributed by atoms with Crippen molar-refractivity contribution in [3.05, 3.63) is 46.4 Å². The number of rotatable bonds is 8. The molecule has 0 bridgehead atoms. The molecular formula is C23H31N3O5. The number of carbonyl (C=O) groups is 1.